The summed E-state index contributed by atoms with van der Waals surface area (Å²) in [5, 5.41) is 0. The molecule has 0 saturated carbocycles. The number of Topliss-reactive ketones (excluding diaryl/α,β-unsaturated/α-hetero) is 2. The van der Waals surface area contributed by atoms with E-state index in [-0.39, 0.29) is 35.2 Å². The summed E-state index contributed by atoms with van der Waals surface area (Å²) in [6, 6.07) is 24.0. The van der Waals surface area contributed by atoms with Gasteiger partial charge in [0.15, 0.2) is 11.6 Å². The third-order valence-corrected chi connectivity index (χ3v) is 6.50. The average molecular weight is 336 g/mol. The van der Waals surface area contributed by atoms with Gasteiger partial charge in [-0.15, -0.1) is 0 Å². The lowest BCUT2D eigenvalue weighted by Gasteiger charge is -2.51. The number of ketones is 2. The van der Waals surface area contributed by atoms with Gasteiger partial charge in [0.1, 0.15) is 0 Å². The molecule has 2 bridgehead atoms. The minimum atomic E-state index is -0.285. The van der Waals surface area contributed by atoms with E-state index < -0.39 is 0 Å². The summed E-state index contributed by atoms with van der Waals surface area (Å²) in [7, 11) is 0. The van der Waals surface area contributed by atoms with Crippen LogP contribution in [0.4, 0.5) is 0 Å². The molecule has 3 aromatic rings. The molecular formula is C24H16O2. The fourth-order valence-electron chi connectivity index (χ4n) is 5.58. The summed E-state index contributed by atoms with van der Waals surface area (Å²) in [6.45, 7) is 0. The number of fused-ring (bicyclic) bond motifs is 1. The lowest BCUT2D eigenvalue weighted by Crippen LogP contribution is -2.49. The predicted molar refractivity (Wildman–Crippen MR) is 98.7 cm³/mol. The minimum absolute atomic E-state index is 0.0257. The zero-order valence-electron chi connectivity index (χ0n) is 14.1. The molecule has 0 N–H and O–H groups in total. The molecule has 26 heavy (non-hydrogen) atoms. The Morgan fingerprint density at radius 1 is 0.462 bits per heavy atom. The third-order valence-electron chi connectivity index (χ3n) is 6.50. The molecule has 2 atom stereocenters. The average Bonchev–Trinajstić information content (AvgIpc) is 2.71. The van der Waals surface area contributed by atoms with E-state index >= 15 is 0 Å². The second-order valence-electron chi connectivity index (χ2n) is 7.54. The summed E-state index contributed by atoms with van der Waals surface area (Å²) in [5.74, 6) is -0.364. The van der Waals surface area contributed by atoms with Crippen LogP contribution in [0.5, 0.6) is 0 Å². The first-order valence-electron chi connectivity index (χ1n) is 9.12. The van der Waals surface area contributed by atoms with Crippen molar-refractivity contribution in [2.75, 3.05) is 0 Å². The van der Waals surface area contributed by atoms with E-state index in [0.717, 1.165) is 0 Å². The summed E-state index contributed by atoms with van der Waals surface area (Å²) < 4.78 is 0. The molecule has 0 spiro atoms. The van der Waals surface area contributed by atoms with Crippen LogP contribution in [-0.4, -0.2) is 11.6 Å². The molecule has 4 aliphatic carbocycles. The topological polar surface area (TPSA) is 34.1 Å². The van der Waals surface area contributed by atoms with Gasteiger partial charge in [-0.3, -0.25) is 9.59 Å². The molecule has 2 heteroatoms. The van der Waals surface area contributed by atoms with Gasteiger partial charge in [0.2, 0.25) is 0 Å². The maximum absolute atomic E-state index is 13.5. The molecule has 124 valence electrons. The van der Waals surface area contributed by atoms with Crippen molar-refractivity contribution in [3.63, 3.8) is 0 Å². The fourth-order valence-corrected chi connectivity index (χ4v) is 5.58. The first-order valence-corrected chi connectivity index (χ1v) is 9.12. The molecule has 0 aromatic heterocycles. The van der Waals surface area contributed by atoms with Gasteiger partial charge >= 0.3 is 0 Å². The van der Waals surface area contributed by atoms with Crippen molar-refractivity contribution >= 4 is 11.6 Å². The quantitative estimate of drug-likeness (QED) is 0.602. The van der Waals surface area contributed by atoms with E-state index in [1.807, 2.05) is 48.5 Å². The summed E-state index contributed by atoms with van der Waals surface area (Å²) in [4.78, 5) is 26.9. The SMILES string of the molecule is O=C1c2ccccc2C(=O)[C@@H]2C3c4ccccc4C(c4ccccc43)[C@@H]12. The Balaban J connectivity index is 1.69. The smallest absolute Gasteiger partial charge is 0.168 e. The summed E-state index contributed by atoms with van der Waals surface area (Å²) >= 11 is 0. The van der Waals surface area contributed by atoms with Crippen LogP contribution in [0.3, 0.4) is 0 Å². The molecule has 3 aromatic carbocycles. The molecule has 0 radical (unpaired) electrons. The number of benzene rings is 3. The second kappa shape index (κ2) is 4.79. The van der Waals surface area contributed by atoms with Crippen LogP contribution in [0, 0.1) is 11.8 Å². The lowest BCUT2D eigenvalue weighted by molar-refractivity contribution is 0.0664. The van der Waals surface area contributed by atoms with E-state index in [2.05, 4.69) is 24.3 Å². The maximum atomic E-state index is 13.5. The van der Waals surface area contributed by atoms with E-state index in [1.54, 1.807) is 0 Å². The van der Waals surface area contributed by atoms with Crippen LogP contribution >= 0.6 is 0 Å². The van der Waals surface area contributed by atoms with Crippen LogP contribution in [0.15, 0.2) is 72.8 Å². The standard InChI is InChI=1S/C24H16O2/c25-23-17-11-5-6-12-18(17)24(26)22-20-14-8-2-1-7-13(14)19(21(22)23)15-9-3-4-10-16(15)20/h1-12,19-22H/t19?,20?,21-,22-/m1/s1. The molecule has 4 aliphatic rings. The Kier molecular flexibility index (Phi) is 2.62. The number of hydrogen-bond donors (Lipinski definition) is 0. The van der Waals surface area contributed by atoms with Crippen molar-refractivity contribution in [2.24, 2.45) is 11.8 Å². The molecule has 7 rings (SSSR count). The molecule has 2 nitrogen and oxygen atoms in total. The highest BCUT2D eigenvalue weighted by Gasteiger charge is 2.57. The monoisotopic (exact) mass is 336 g/mol. The zero-order chi connectivity index (χ0) is 17.4. The van der Waals surface area contributed by atoms with Gasteiger partial charge in [-0.05, 0) is 22.3 Å². The van der Waals surface area contributed by atoms with Crippen molar-refractivity contribution in [2.45, 2.75) is 11.8 Å². The van der Waals surface area contributed by atoms with Crippen molar-refractivity contribution in [3.8, 4) is 0 Å². The Morgan fingerprint density at radius 3 is 1.12 bits per heavy atom. The lowest BCUT2D eigenvalue weighted by atomic mass is 9.50. The van der Waals surface area contributed by atoms with Crippen molar-refractivity contribution in [3.05, 3.63) is 106 Å². The minimum Gasteiger partial charge on any atom is -0.294 e. The molecule has 0 saturated heterocycles. The second-order valence-corrected chi connectivity index (χ2v) is 7.54. The van der Waals surface area contributed by atoms with Crippen LogP contribution in [0.25, 0.3) is 0 Å². The van der Waals surface area contributed by atoms with Crippen LogP contribution in [0.1, 0.15) is 54.8 Å². The number of rotatable bonds is 0. The van der Waals surface area contributed by atoms with Gasteiger partial charge in [0.25, 0.3) is 0 Å². The van der Waals surface area contributed by atoms with Gasteiger partial charge in [-0.25, -0.2) is 0 Å². The zero-order valence-corrected chi connectivity index (χ0v) is 14.1. The van der Waals surface area contributed by atoms with Crippen molar-refractivity contribution < 1.29 is 9.59 Å². The number of hydrogen-bond acceptors (Lipinski definition) is 2. The van der Waals surface area contributed by atoms with Crippen LogP contribution in [-0.2, 0) is 0 Å². The Hall–Kier alpha value is -3.00. The Bertz CT molecular complexity index is 976. The van der Waals surface area contributed by atoms with Gasteiger partial charge < -0.3 is 0 Å². The number of carbonyl (C=O) groups is 2. The van der Waals surface area contributed by atoms with E-state index in [0.29, 0.717) is 11.1 Å². The molecule has 0 fully saturated rings. The molecule has 0 amide bonds. The van der Waals surface area contributed by atoms with E-state index in [9.17, 15) is 9.59 Å². The predicted octanol–water partition coefficient (Wildman–Crippen LogP) is 4.59. The Morgan fingerprint density at radius 2 is 0.769 bits per heavy atom. The molecule has 0 aliphatic heterocycles. The van der Waals surface area contributed by atoms with Gasteiger partial charge in [0.05, 0.1) is 0 Å². The molecule has 0 heterocycles. The maximum Gasteiger partial charge on any atom is 0.168 e. The highest BCUT2D eigenvalue weighted by Crippen LogP contribution is 2.60. The summed E-state index contributed by atoms with van der Waals surface area (Å²) in [5.41, 5.74) is 6.08. The van der Waals surface area contributed by atoms with E-state index in [4.69, 9.17) is 0 Å². The first kappa shape index (κ1) is 14.2. The van der Waals surface area contributed by atoms with Crippen LogP contribution < -0.4 is 0 Å². The number of carbonyl (C=O) groups excluding carboxylic acids is 2. The molecule has 0 unspecified atom stereocenters. The van der Waals surface area contributed by atoms with Crippen molar-refractivity contribution in [1.29, 1.82) is 0 Å². The van der Waals surface area contributed by atoms with Crippen molar-refractivity contribution in [1.82, 2.24) is 0 Å². The highest BCUT2D eigenvalue weighted by molar-refractivity contribution is 6.17. The van der Waals surface area contributed by atoms with Gasteiger partial charge in [-0.1, -0.05) is 72.8 Å². The Labute approximate surface area is 151 Å². The van der Waals surface area contributed by atoms with Crippen LogP contribution in [0.2, 0.25) is 0 Å². The largest absolute Gasteiger partial charge is 0.294 e. The fraction of sp³-hybridized carbons (Fsp3) is 0.167. The first-order chi connectivity index (χ1) is 12.8. The van der Waals surface area contributed by atoms with E-state index in [1.165, 1.54) is 22.3 Å². The summed E-state index contributed by atoms with van der Waals surface area (Å²) in [6.07, 6.45) is 0. The normalized spacial score (nSPS) is 27.4. The highest BCUT2D eigenvalue weighted by atomic mass is 16.1. The molecular weight excluding hydrogens is 320 g/mol. The van der Waals surface area contributed by atoms with Gasteiger partial charge in [-0.2, -0.15) is 0 Å². The third kappa shape index (κ3) is 1.53. The van der Waals surface area contributed by atoms with Gasteiger partial charge in [0, 0.05) is 34.8 Å².